The molecule has 2 aromatic carbocycles. The monoisotopic (exact) mass is 298 g/mol. The second-order valence-electron chi connectivity index (χ2n) is 5.03. The number of carbonyl (C=O) groups is 1. The topological polar surface area (TPSA) is 34.9 Å². The maximum Gasteiger partial charge on any atom is 0.182 e. The molecule has 3 aromatic rings. The highest BCUT2D eigenvalue weighted by Gasteiger charge is 2.14. The van der Waals surface area contributed by atoms with Gasteiger partial charge < -0.3 is 4.57 Å². The van der Waals surface area contributed by atoms with Gasteiger partial charge in [0.1, 0.15) is 5.82 Å². The number of alkyl halides is 1. The van der Waals surface area contributed by atoms with E-state index >= 15 is 0 Å². The number of hydrogen-bond donors (Lipinski definition) is 0. The Kier molecular flexibility index (Phi) is 3.76. The molecule has 0 saturated carbocycles. The molecule has 0 aliphatic carbocycles. The van der Waals surface area contributed by atoms with Crippen molar-refractivity contribution in [3.8, 4) is 0 Å². The summed E-state index contributed by atoms with van der Waals surface area (Å²) in [7, 11) is 0. The molecule has 1 heterocycles. The molecule has 3 nitrogen and oxygen atoms in total. The van der Waals surface area contributed by atoms with Crippen molar-refractivity contribution < 1.29 is 4.79 Å². The van der Waals surface area contributed by atoms with Crippen LogP contribution >= 0.6 is 11.6 Å². The minimum atomic E-state index is 0.0573. The average molecular weight is 299 g/mol. The van der Waals surface area contributed by atoms with Crippen LogP contribution in [0.15, 0.2) is 48.5 Å². The molecule has 0 unspecified atom stereocenters. The summed E-state index contributed by atoms with van der Waals surface area (Å²) in [4.78, 5) is 16.9. The van der Waals surface area contributed by atoms with Crippen LogP contribution in [-0.4, -0.2) is 15.3 Å². The van der Waals surface area contributed by atoms with Crippen molar-refractivity contribution in [2.45, 2.75) is 19.3 Å². The minimum absolute atomic E-state index is 0.0573. The SMILES string of the molecule is Cc1ccc2c(c1)nc(CCl)n2CC(=O)c1ccccc1. The fourth-order valence-electron chi connectivity index (χ4n) is 2.43. The second kappa shape index (κ2) is 5.70. The molecule has 0 fully saturated rings. The van der Waals surface area contributed by atoms with Crippen LogP contribution in [0.1, 0.15) is 21.7 Å². The minimum Gasteiger partial charge on any atom is -0.319 e. The molecule has 3 rings (SSSR count). The lowest BCUT2D eigenvalue weighted by Crippen LogP contribution is -2.12. The number of halogens is 1. The van der Waals surface area contributed by atoms with Gasteiger partial charge in [0, 0.05) is 5.56 Å². The van der Waals surface area contributed by atoms with Crippen LogP contribution in [0.5, 0.6) is 0 Å². The highest BCUT2D eigenvalue weighted by Crippen LogP contribution is 2.19. The number of aromatic nitrogens is 2. The first-order chi connectivity index (χ1) is 10.2. The van der Waals surface area contributed by atoms with Crippen molar-refractivity contribution in [3.05, 3.63) is 65.5 Å². The molecule has 1 aromatic heterocycles. The molecule has 0 atom stereocenters. The lowest BCUT2D eigenvalue weighted by Gasteiger charge is -2.07. The standard InChI is InChI=1S/C17H15ClN2O/c1-12-7-8-15-14(9-12)19-17(10-18)20(15)11-16(21)13-5-3-2-4-6-13/h2-9H,10-11H2,1H3. The average Bonchev–Trinajstić information content (AvgIpc) is 2.85. The summed E-state index contributed by atoms with van der Waals surface area (Å²) in [6.07, 6.45) is 0. The Morgan fingerprint density at radius 1 is 1.19 bits per heavy atom. The van der Waals surface area contributed by atoms with Crippen LogP contribution < -0.4 is 0 Å². The fourth-order valence-corrected chi connectivity index (χ4v) is 2.63. The van der Waals surface area contributed by atoms with Gasteiger partial charge in [-0.25, -0.2) is 4.98 Å². The predicted molar refractivity (Wildman–Crippen MR) is 84.8 cm³/mol. The third kappa shape index (κ3) is 2.69. The van der Waals surface area contributed by atoms with E-state index in [2.05, 4.69) is 4.98 Å². The van der Waals surface area contributed by atoms with Gasteiger partial charge in [0.25, 0.3) is 0 Å². The van der Waals surface area contributed by atoms with E-state index in [1.54, 1.807) is 0 Å². The molecular weight excluding hydrogens is 284 g/mol. The van der Waals surface area contributed by atoms with Crippen molar-refractivity contribution in [2.24, 2.45) is 0 Å². The van der Waals surface area contributed by atoms with Gasteiger partial charge in [0.15, 0.2) is 5.78 Å². The van der Waals surface area contributed by atoms with Crippen LogP contribution in [0.4, 0.5) is 0 Å². The molecule has 0 saturated heterocycles. The number of rotatable bonds is 4. The first kappa shape index (κ1) is 13.8. The molecule has 21 heavy (non-hydrogen) atoms. The summed E-state index contributed by atoms with van der Waals surface area (Å²) in [6.45, 7) is 2.28. The zero-order valence-corrected chi connectivity index (χ0v) is 12.5. The van der Waals surface area contributed by atoms with Crippen molar-refractivity contribution in [3.63, 3.8) is 0 Å². The van der Waals surface area contributed by atoms with Gasteiger partial charge in [-0.2, -0.15) is 0 Å². The fraction of sp³-hybridized carbons (Fsp3) is 0.176. The van der Waals surface area contributed by atoms with Gasteiger partial charge in [-0.15, -0.1) is 11.6 Å². The molecule has 4 heteroatoms. The highest BCUT2D eigenvalue weighted by atomic mass is 35.5. The summed E-state index contributed by atoms with van der Waals surface area (Å²) in [5.74, 6) is 1.07. The number of ketones is 1. The Hall–Kier alpha value is -2.13. The number of hydrogen-bond acceptors (Lipinski definition) is 2. The first-order valence-corrected chi connectivity index (χ1v) is 7.32. The van der Waals surface area contributed by atoms with Gasteiger partial charge in [-0.3, -0.25) is 4.79 Å². The Morgan fingerprint density at radius 3 is 2.67 bits per heavy atom. The second-order valence-corrected chi connectivity index (χ2v) is 5.30. The number of Topliss-reactive ketones (excluding diaryl/α,β-unsaturated/α-hetero) is 1. The van der Waals surface area contributed by atoms with Crippen LogP contribution in [0, 0.1) is 6.92 Å². The lowest BCUT2D eigenvalue weighted by molar-refractivity contribution is 0.0972. The first-order valence-electron chi connectivity index (χ1n) is 6.79. The molecule has 106 valence electrons. The number of benzene rings is 2. The van der Waals surface area contributed by atoms with E-state index in [1.807, 2.05) is 60.0 Å². The molecular formula is C17H15ClN2O. The Morgan fingerprint density at radius 2 is 1.95 bits per heavy atom. The zero-order valence-electron chi connectivity index (χ0n) is 11.7. The Labute approximate surface area is 128 Å². The van der Waals surface area contributed by atoms with Gasteiger partial charge in [-0.1, -0.05) is 36.4 Å². The number of imidazole rings is 1. The van der Waals surface area contributed by atoms with Gasteiger partial charge in [-0.05, 0) is 24.6 Å². The van der Waals surface area contributed by atoms with Crippen LogP contribution in [0.25, 0.3) is 11.0 Å². The maximum absolute atomic E-state index is 12.4. The number of carbonyl (C=O) groups excluding carboxylic acids is 1. The summed E-state index contributed by atoms with van der Waals surface area (Å²) < 4.78 is 1.90. The van der Waals surface area contributed by atoms with Gasteiger partial charge >= 0.3 is 0 Å². The zero-order chi connectivity index (χ0) is 14.8. The third-order valence-corrected chi connectivity index (χ3v) is 3.74. The molecule has 0 N–H and O–H groups in total. The molecule has 0 aliphatic rings. The maximum atomic E-state index is 12.4. The smallest absolute Gasteiger partial charge is 0.182 e. The van der Waals surface area contributed by atoms with E-state index in [0.717, 1.165) is 22.4 Å². The largest absolute Gasteiger partial charge is 0.319 e. The van der Waals surface area contributed by atoms with Crippen molar-refractivity contribution in [1.82, 2.24) is 9.55 Å². The van der Waals surface area contributed by atoms with E-state index in [-0.39, 0.29) is 18.2 Å². The molecule has 0 amide bonds. The molecule has 0 aliphatic heterocycles. The van der Waals surface area contributed by atoms with Crippen LogP contribution in [-0.2, 0) is 12.4 Å². The van der Waals surface area contributed by atoms with E-state index in [0.29, 0.717) is 5.56 Å². The van der Waals surface area contributed by atoms with E-state index in [4.69, 9.17) is 11.6 Å². The van der Waals surface area contributed by atoms with Crippen molar-refractivity contribution in [1.29, 1.82) is 0 Å². The Balaban J connectivity index is 2.02. The number of aryl methyl sites for hydroxylation is 1. The van der Waals surface area contributed by atoms with Crippen LogP contribution in [0.3, 0.4) is 0 Å². The van der Waals surface area contributed by atoms with E-state index < -0.39 is 0 Å². The number of fused-ring (bicyclic) bond motifs is 1. The third-order valence-electron chi connectivity index (χ3n) is 3.50. The van der Waals surface area contributed by atoms with Crippen molar-refractivity contribution >= 4 is 28.4 Å². The lowest BCUT2D eigenvalue weighted by atomic mass is 10.1. The summed E-state index contributed by atoms with van der Waals surface area (Å²) in [5, 5.41) is 0. The predicted octanol–water partition coefficient (Wildman–Crippen LogP) is 3.97. The quantitative estimate of drug-likeness (QED) is 0.539. The molecule has 0 spiro atoms. The normalized spacial score (nSPS) is 11.0. The summed E-state index contributed by atoms with van der Waals surface area (Å²) in [6, 6.07) is 15.3. The Bertz CT molecular complexity index is 793. The van der Waals surface area contributed by atoms with Crippen molar-refractivity contribution in [2.75, 3.05) is 0 Å². The molecule has 0 radical (unpaired) electrons. The summed E-state index contributed by atoms with van der Waals surface area (Å²) >= 11 is 5.98. The van der Waals surface area contributed by atoms with Gasteiger partial charge in [0.05, 0.1) is 23.5 Å². The van der Waals surface area contributed by atoms with Gasteiger partial charge in [0.2, 0.25) is 0 Å². The van der Waals surface area contributed by atoms with E-state index in [1.165, 1.54) is 0 Å². The highest BCUT2D eigenvalue weighted by molar-refractivity contribution is 6.17. The summed E-state index contributed by atoms with van der Waals surface area (Å²) in [5.41, 5.74) is 3.67. The molecule has 0 bridgehead atoms. The van der Waals surface area contributed by atoms with E-state index in [9.17, 15) is 4.79 Å². The number of nitrogens with zero attached hydrogens (tertiary/aromatic N) is 2. The van der Waals surface area contributed by atoms with Crippen LogP contribution in [0.2, 0.25) is 0 Å².